The molecule has 3 nitrogen and oxygen atoms in total. The van der Waals surface area contributed by atoms with E-state index in [1.54, 1.807) is 0 Å². The third-order valence-corrected chi connectivity index (χ3v) is 5.45. The second kappa shape index (κ2) is 5.10. The highest BCUT2D eigenvalue weighted by molar-refractivity contribution is 4.96. The van der Waals surface area contributed by atoms with Gasteiger partial charge in [-0.25, -0.2) is 0 Å². The van der Waals surface area contributed by atoms with Crippen LogP contribution in [0.2, 0.25) is 0 Å². The van der Waals surface area contributed by atoms with Gasteiger partial charge in [-0.1, -0.05) is 6.92 Å². The fourth-order valence-electron chi connectivity index (χ4n) is 4.36. The molecule has 3 rings (SSSR count). The summed E-state index contributed by atoms with van der Waals surface area (Å²) in [5.41, 5.74) is 0. The van der Waals surface area contributed by atoms with Crippen LogP contribution in [0.3, 0.4) is 0 Å². The molecule has 3 aliphatic rings. The first-order valence-corrected chi connectivity index (χ1v) is 7.83. The van der Waals surface area contributed by atoms with Gasteiger partial charge in [0.25, 0.3) is 0 Å². The summed E-state index contributed by atoms with van der Waals surface area (Å²) in [4.78, 5) is 5.30. The Kier molecular flexibility index (Phi) is 3.65. The molecule has 2 saturated heterocycles. The number of nitrogens with zero attached hydrogens (tertiary/aromatic N) is 2. The predicted molar refractivity (Wildman–Crippen MR) is 73.6 cm³/mol. The van der Waals surface area contributed by atoms with Crippen LogP contribution in [0.25, 0.3) is 0 Å². The van der Waals surface area contributed by atoms with Crippen LogP contribution in [0.4, 0.5) is 0 Å². The summed E-state index contributed by atoms with van der Waals surface area (Å²) >= 11 is 0. The fourth-order valence-corrected chi connectivity index (χ4v) is 4.36. The van der Waals surface area contributed by atoms with Gasteiger partial charge in [-0.3, -0.25) is 9.80 Å². The maximum atomic E-state index is 10.3. The van der Waals surface area contributed by atoms with Crippen LogP contribution in [0.1, 0.15) is 46.0 Å². The van der Waals surface area contributed by atoms with Gasteiger partial charge >= 0.3 is 0 Å². The monoisotopic (exact) mass is 252 g/mol. The van der Waals surface area contributed by atoms with E-state index in [2.05, 4.69) is 23.6 Å². The number of hydrogen-bond acceptors (Lipinski definition) is 3. The average Bonchev–Trinajstić information content (AvgIpc) is 2.78. The van der Waals surface area contributed by atoms with Gasteiger partial charge in [0.2, 0.25) is 0 Å². The number of rotatable bonds is 1. The lowest BCUT2D eigenvalue weighted by atomic mass is 9.83. The molecule has 5 atom stereocenters. The van der Waals surface area contributed by atoms with Crippen LogP contribution in [0, 0.1) is 5.92 Å². The highest BCUT2D eigenvalue weighted by Crippen LogP contribution is 2.33. The van der Waals surface area contributed by atoms with Gasteiger partial charge in [0.15, 0.2) is 0 Å². The summed E-state index contributed by atoms with van der Waals surface area (Å²) in [5, 5.41) is 10.3. The summed E-state index contributed by atoms with van der Waals surface area (Å²) in [7, 11) is 0. The lowest BCUT2D eigenvalue weighted by molar-refractivity contribution is -0.0479. The molecule has 3 fully saturated rings. The Morgan fingerprint density at radius 2 is 1.89 bits per heavy atom. The zero-order valence-corrected chi connectivity index (χ0v) is 11.9. The molecule has 2 heterocycles. The SMILES string of the molecule is CC1CCC(O)C(N2CC3CCCN3CC2C)C1. The molecule has 0 spiro atoms. The standard InChI is InChI=1S/C15H28N2O/c1-11-5-6-15(18)14(8-11)17-10-13-4-3-7-16(13)9-12(17)2/h11-15,18H,3-10H2,1-2H3. The van der Waals surface area contributed by atoms with E-state index in [4.69, 9.17) is 0 Å². The Labute approximate surface area is 111 Å². The number of hydrogen-bond donors (Lipinski definition) is 1. The van der Waals surface area contributed by atoms with Gasteiger partial charge < -0.3 is 5.11 Å². The van der Waals surface area contributed by atoms with Gasteiger partial charge in [-0.2, -0.15) is 0 Å². The van der Waals surface area contributed by atoms with Crippen molar-refractivity contribution >= 4 is 0 Å². The third-order valence-electron chi connectivity index (χ3n) is 5.45. The molecule has 0 aromatic carbocycles. The number of piperazine rings is 1. The maximum Gasteiger partial charge on any atom is 0.0695 e. The quantitative estimate of drug-likeness (QED) is 0.769. The van der Waals surface area contributed by atoms with Crippen LogP contribution in [0.15, 0.2) is 0 Å². The molecular formula is C15H28N2O. The van der Waals surface area contributed by atoms with E-state index in [0.717, 1.165) is 18.4 Å². The normalized spacial score (nSPS) is 47.2. The number of fused-ring (bicyclic) bond motifs is 1. The molecular weight excluding hydrogens is 224 g/mol. The summed E-state index contributed by atoms with van der Waals surface area (Å²) in [6.45, 7) is 8.39. The predicted octanol–water partition coefficient (Wildman–Crippen LogP) is 1.70. The van der Waals surface area contributed by atoms with E-state index in [1.165, 1.54) is 45.3 Å². The second-order valence-electron chi connectivity index (χ2n) is 6.89. The van der Waals surface area contributed by atoms with Crippen molar-refractivity contribution in [3.63, 3.8) is 0 Å². The molecule has 0 aromatic rings. The molecule has 0 radical (unpaired) electrons. The molecule has 1 N–H and O–H groups in total. The zero-order chi connectivity index (χ0) is 12.7. The molecule has 0 aromatic heterocycles. The topological polar surface area (TPSA) is 26.7 Å². The molecule has 0 bridgehead atoms. The molecule has 18 heavy (non-hydrogen) atoms. The van der Waals surface area contributed by atoms with E-state index in [-0.39, 0.29) is 6.10 Å². The zero-order valence-electron chi connectivity index (χ0n) is 11.9. The highest BCUT2D eigenvalue weighted by atomic mass is 16.3. The van der Waals surface area contributed by atoms with Gasteiger partial charge in [0.1, 0.15) is 0 Å². The van der Waals surface area contributed by atoms with E-state index in [1.807, 2.05) is 0 Å². The van der Waals surface area contributed by atoms with Crippen molar-refractivity contribution in [3.8, 4) is 0 Å². The van der Waals surface area contributed by atoms with Crippen molar-refractivity contribution in [2.24, 2.45) is 5.92 Å². The van der Waals surface area contributed by atoms with E-state index in [9.17, 15) is 5.11 Å². The van der Waals surface area contributed by atoms with Crippen LogP contribution < -0.4 is 0 Å². The highest BCUT2D eigenvalue weighted by Gasteiger charge is 2.40. The summed E-state index contributed by atoms with van der Waals surface area (Å²) < 4.78 is 0. The second-order valence-corrected chi connectivity index (χ2v) is 6.89. The van der Waals surface area contributed by atoms with Gasteiger partial charge in [0.05, 0.1) is 6.10 Å². The lowest BCUT2D eigenvalue weighted by Gasteiger charge is -2.49. The van der Waals surface area contributed by atoms with Crippen molar-refractivity contribution in [2.75, 3.05) is 19.6 Å². The molecule has 3 heteroatoms. The summed E-state index contributed by atoms with van der Waals surface area (Å²) in [6.07, 6.45) is 6.05. The van der Waals surface area contributed by atoms with E-state index >= 15 is 0 Å². The van der Waals surface area contributed by atoms with Crippen molar-refractivity contribution < 1.29 is 5.11 Å². The number of aliphatic hydroxyl groups is 1. The van der Waals surface area contributed by atoms with Gasteiger partial charge in [0, 0.05) is 31.2 Å². The van der Waals surface area contributed by atoms with Crippen LogP contribution in [0.5, 0.6) is 0 Å². The molecule has 0 amide bonds. The first-order valence-electron chi connectivity index (χ1n) is 7.83. The van der Waals surface area contributed by atoms with E-state index < -0.39 is 0 Å². The summed E-state index contributed by atoms with van der Waals surface area (Å²) in [6, 6.07) is 1.81. The van der Waals surface area contributed by atoms with Gasteiger partial charge in [-0.15, -0.1) is 0 Å². The Hall–Kier alpha value is -0.120. The van der Waals surface area contributed by atoms with Crippen molar-refractivity contribution in [3.05, 3.63) is 0 Å². The Balaban J connectivity index is 1.70. The average molecular weight is 252 g/mol. The first kappa shape index (κ1) is 12.9. The minimum Gasteiger partial charge on any atom is -0.391 e. The minimum atomic E-state index is -0.0865. The molecule has 104 valence electrons. The van der Waals surface area contributed by atoms with Gasteiger partial charge in [-0.05, 0) is 51.5 Å². The summed E-state index contributed by atoms with van der Waals surface area (Å²) in [5.74, 6) is 0.784. The van der Waals surface area contributed by atoms with Crippen LogP contribution in [-0.4, -0.2) is 58.8 Å². The Morgan fingerprint density at radius 1 is 1.06 bits per heavy atom. The fraction of sp³-hybridized carbons (Fsp3) is 1.00. The molecule has 1 aliphatic carbocycles. The first-order chi connectivity index (χ1) is 8.65. The van der Waals surface area contributed by atoms with E-state index in [0.29, 0.717) is 12.1 Å². The van der Waals surface area contributed by atoms with Crippen molar-refractivity contribution in [1.29, 1.82) is 0 Å². The number of aliphatic hydroxyl groups excluding tert-OH is 1. The van der Waals surface area contributed by atoms with Crippen LogP contribution >= 0.6 is 0 Å². The Morgan fingerprint density at radius 3 is 2.72 bits per heavy atom. The molecule has 1 saturated carbocycles. The van der Waals surface area contributed by atoms with Crippen molar-refractivity contribution in [1.82, 2.24) is 9.80 Å². The lowest BCUT2D eigenvalue weighted by Crippen LogP contribution is -2.61. The largest absolute Gasteiger partial charge is 0.391 e. The van der Waals surface area contributed by atoms with Crippen LogP contribution in [-0.2, 0) is 0 Å². The molecule has 5 unspecified atom stereocenters. The third kappa shape index (κ3) is 2.33. The molecule has 2 aliphatic heterocycles. The smallest absolute Gasteiger partial charge is 0.0695 e. The minimum absolute atomic E-state index is 0.0865. The maximum absolute atomic E-state index is 10.3. The van der Waals surface area contributed by atoms with Crippen molar-refractivity contribution in [2.45, 2.75) is 70.2 Å². The Bertz CT molecular complexity index is 296.